The van der Waals surface area contributed by atoms with Gasteiger partial charge in [-0.2, -0.15) is 18.4 Å². The third kappa shape index (κ3) is 4.19. The van der Waals surface area contributed by atoms with Gasteiger partial charge in [0.05, 0.1) is 11.1 Å². The highest BCUT2D eigenvalue weighted by Gasteiger charge is 2.52. The van der Waals surface area contributed by atoms with E-state index >= 15 is 0 Å². The Kier molecular flexibility index (Phi) is 5.44. The summed E-state index contributed by atoms with van der Waals surface area (Å²) < 4.78 is 73.2. The van der Waals surface area contributed by atoms with Gasteiger partial charge in [-0.25, -0.2) is 28.7 Å². The first kappa shape index (κ1) is 22.1. The normalized spacial score (nSPS) is 20.6. The summed E-state index contributed by atoms with van der Waals surface area (Å²) in [5, 5.41) is 11.9. The summed E-state index contributed by atoms with van der Waals surface area (Å²) in [6.07, 6.45) is -5.80. The zero-order valence-electron chi connectivity index (χ0n) is 16.6. The molecule has 2 aromatic heterocycles. The van der Waals surface area contributed by atoms with E-state index in [4.69, 9.17) is 11.0 Å². The zero-order valence-corrected chi connectivity index (χ0v) is 16.6. The number of rotatable bonds is 4. The second-order valence-electron chi connectivity index (χ2n) is 7.21. The molecule has 0 fully saturated rings. The van der Waals surface area contributed by atoms with E-state index in [1.807, 2.05) is 6.07 Å². The van der Waals surface area contributed by atoms with E-state index in [0.717, 1.165) is 12.1 Å². The molecule has 1 aromatic carbocycles. The molecule has 13 heteroatoms. The van der Waals surface area contributed by atoms with Crippen LogP contribution in [0.2, 0.25) is 0 Å². The number of benzene rings is 1. The summed E-state index contributed by atoms with van der Waals surface area (Å²) in [4.78, 5) is 15.9. The molecule has 1 aliphatic heterocycles. The smallest absolute Gasteiger partial charge is 0.425 e. The molecule has 170 valence electrons. The van der Waals surface area contributed by atoms with Gasteiger partial charge in [-0.1, -0.05) is 0 Å². The summed E-state index contributed by atoms with van der Waals surface area (Å²) in [6, 6.07) is 5.91. The van der Waals surface area contributed by atoms with Crippen molar-refractivity contribution in [3.8, 4) is 6.07 Å². The summed E-state index contributed by atoms with van der Waals surface area (Å²) >= 11 is 0. The molecule has 8 nitrogen and oxygen atoms in total. The second kappa shape index (κ2) is 8.12. The molecular formula is C20H14F5N7O. The minimum absolute atomic E-state index is 0.175. The van der Waals surface area contributed by atoms with Crippen LogP contribution in [0.15, 0.2) is 41.8 Å². The first-order valence-corrected chi connectivity index (χ1v) is 9.38. The summed E-state index contributed by atoms with van der Waals surface area (Å²) in [6.45, 7) is -1.45. The number of aromatic nitrogens is 3. The Bertz CT molecular complexity index is 1290. The van der Waals surface area contributed by atoms with E-state index in [2.05, 4.69) is 30.0 Å². The summed E-state index contributed by atoms with van der Waals surface area (Å²) in [5.41, 5.74) is 3.79. The number of amidine groups is 1. The molecule has 3 N–H and O–H groups in total. The molecule has 33 heavy (non-hydrogen) atoms. The minimum Gasteiger partial charge on any atom is -0.452 e. The minimum atomic E-state index is -4.86. The Morgan fingerprint density at radius 1 is 1.24 bits per heavy atom. The molecule has 2 atom stereocenters. The Labute approximate surface area is 182 Å². The number of nitrogens with zero attached hydrogens (tertiary/aromatic N) is 5. The molecule has 0 aliphatic carbocycles. The number of ether oxygens (including phenoxy) is 1. The van der Waals surface area contributed by atoms with Crippen LogP contribution in [-0.2, 0) is 10.3 Å². The molecule has 0 spiro atoms. The highest BCUT2D eigenvalue weighted by Crippen LogP contribution is 2.42. The Hall–Kier alpha value is -4.08. The van der Waals surface area contributed by atoms with Crippen molar-refractivity contribution in [3.63, 3.8) is 0 Å². The van der Waals surface area contributed by atoms with Crippen molar-refractivity contribution in [2.24, 2.45) is 10.7 Å². The van der Waals surface area contributed by atoms with Gasteiger partial charge in [0.15, 0.2) is 11.9 Å². The average molecular weight is 463 g/mol. The lowest BCUT2D eigenvalue weighted by Gasteiger charge is -2.36. The number of alkyl halides is 4. The summed E-state index contributed by atoms with van der Waals surface area (Å²) in [7, 11) is 0. The van der Waals surface area contributed by atoms with E-state index < -0.39 is 48.3 Å². The monoisotopic (exact) mass is 463 g/mol. The molecule has 0 radical (unpaired) electrons. The first-order valence-electron chi connectivity index (χ1n) is 9.38. The van der Waals surface area contributed by atoms with Crippen molar-refractivity contribution in [2.45, 2.75) is 24.2 Å². The SMILES string of the molecule is N#Cc1cnc2c(Nc3ccc(F)c(C4(CF)CC(C(F)(F)F)OC(N)=N4)c3)ncnc2c1. The maximum absolute atomic E-state index is 14.7. The molecule has 4 rings (SSSR count). The number of nitrogens with one attached hydrogen (secondary N) is 1. The van der Waals surface area contributed by atoms with Crippen molar-refractivity contribution < 1.29 is 26.7 Å². The van der Waals surface area contributed by atoms with Crippen LogP contribution < -0.4 is 11.1 Å². The second-order valence-corrected chi connectivity index (χ2v) is 7.21. The number of anilines is 2. The van der Waals surface area contributed by atoms with Gasteiger partial charge >= 0.3 is 6.18 Å². The van der Waals surface area contributed by atoms with Crippen molar-refractivity contribution in [1.82, 2.24) is 15.0 Å². The van der Waals surface area contributed by atoms with Gasteiger partial charge in [0.1, 0.15) is 35.9 Å². The molecular weight excluding hydrogens is 449 g/mol. The number of nitriles is 1. The van der Waals surface area contributed by atoms with Gasteiger partial charge < -0.3 is 15.8 Å². The molecule has 0 saturated heterocycles. The third-order valence-corrected chi connectivity index (χ3v) is 5.03. The van der Waals surface area contributed by atoms with Crippen molar-refractivity contribution >= 4 is 28.6 Å². The number of fused-ring (bicyclic) bond motifs is 1. The van der Waals surface area contributed by atoms with E-state index in [0.29, 0.717) is 5.52 Å². The molecule has 0 saturated carbocycles. The fourth-order valence-electron chi connectivity index (χ4n) is 3.48. The Morgan fingerprint density at radius 2 is 2.03 bits per heavy atom. The van der Waals surface area contributed by atoms with Crippen molar-refractivity contribution in [3.05, 3.63) is 53.7 Å². The van der Waals surface area contributed by atoms with Gasteiger partial charge in [0, 0.05) is 23.9 Å². The maximum Gasteiger partial charge on any atom is 0.425 e. The number of pyridine rings is 1. The topological polar surface area (TPSA) is 122 Å². The largest absolute Gasteiger partial charge is 0.452 e. The molecule has 1 aliphatic rings. The number of hydrogen-bond acceptors (Lipinski definition) is 8. The van der Waals surface area contributed by atoms with Crippen LogP contribution in [0.5, 0.6) is 0 Å². The fourth-order valence-corrected chi connectivity index (χ4v) is 3.48. The lowest BCUT2D eigenvalue weighted by molar-refractivity contribution is -0.209. The predicted molar refractivity (Wildman–Crippen MR) is 107 cm³/mol. The number of hydrogen-bond donors (Lipinski definition) is 2. The molecule has 0 amide bonds. The molecule has 0 bridgehead atoms. The van der Waals surface area contributed by atoms with Crippen LogP contribution in [0, 0.1) is 17.1 Å². The molecule has 3 aromatic rings. The van der Waals surface area contributed by atoms with Gasteiger partial charge in [-0.05, 0) is 24.3 Å². The van der Waals surface area contributed by atoms with Gasteiger partial charge in [0.2, 0.25) is 0 Å². The van der Waals surface area contributed by atoms with Crippen LogP contribution in [0.3, 0.4) is 0 Å². The number of halogens is 5. The fraction of sp³-hybridized carbons (Fsp3) is 0.250. The van der Waals surface area contributed by atoms with Gasteiger partial charge in [0.25, 0.3) is 6.02 Å². The van der Waals surface area contributed by atoms with Crippen molar-refractivity contribution in [1.29, 1.82) is 5.26 Å². The van der Waals surface area contributed by atoms with Gasteiger partial charge in [-0.15, -0.1) is 0 Å². The standard InChI is InChI=1S/C20H14F5N7O/c21-8-19(5-15(20(23,24)25)33-18(27)32-19)12-4-11(1-2-13(12)22)31-17-16-14(29-9-30-17)3-10(6-26)7-28-16/h1-4,7,9,15H,5,8H2,(H2,27,32)(H,29,30,31). The Balaban J connectivity index is 1.75. The quantitative estimate of drug-likeness (QED) is 0.567. The van der Waals surface area contributed by atoms with Crippen molar-refractivity contribution in [2.75, 3.05) is 12.0 Å². The number of nitrogens with two attached hydrogens (primary N) is 1. The van der Waals surface area contributed by atoms with E-state index in [1.54, 1.807) is 0 Å². The van der Waals surface area contributed by atoms with E-state index in [9.17, 15) is 22.0 Å². The first-order chi connectivity index (χ1) is 15.6. The van der Waals surface area contributed by atoms with Crippen LogP contribution in [-0.4, -0.2) is 39.9 Å². The maximum atomic E-state index is 14.7. The van der Waals surface area contributed by atoms with E-state index in [1.165, 1.54) is 24.7 Å². The highest BCUT2D eigenvalue weighted by molar-refractivity contribution is 5.87. The zero-order chi connectivity index (χ0) is 23.8. The highest BCUT2D eigenvalue weighted by atomic mass is 19.4. The van der Waals surface area contributed by atoms with Crippen LogP contribution in [0.25, 0.3) is 11.0 Å². The molecule has 2 unspecified atom stereocenters. The summed E-state index contributed by atoms with van der Waals surface area (Å²) in [5.74, 6) is -0.790. The number of aliphatic imine (C=N–C) groups is 1. The van der Waals surface area contributed by atoms with Crippen LogP contribution in [0.1, 0.15) is 17.5 Å². The molecule has 3 heterocycles. The van der Waals surface area contributed by atoms with Crippen LogP contribution in [0.4, 0.5) is 33.5 Å². The Morgan fingerprint density at radius 3 is 2.73 bits per heavy atom. The van der Waals surface area contributed by atoms with E-state index in [-0.39, 0.29) is 22.6 Å². The lowest BCUT2D eigenvalue weighted by Crippen LogP contribution is -2.48. The average Bonchev–Trinajstić information content (AvgIpc) is 2.79. The lowest BCUT2D eigenvalue weighted by atomic mass is 9.84. The predicted octanol–water partition coefficient (Wildman–Crippen LogP) is 3.61. The van der Waals surface area contributed by atoms with Gasteiger partial charge in [-0.3, -0.25) is 0 Å². The third-order valence-electron chi connectivity index (χ3n) is 5.03. The van der Waals surface area contributed by atoms with Crippen LogP contribution >= 0.6 is 0 Å².